The summed E-state index contributed by atoms with van der Waals surface area (Å²) in [5.74, 6) is -0.292. The molecule has 3 aliphatic rings. The summed E-state index contributed by atoms with van der Waals surface area (Å²) in [4.78, 5) is 43.8. The summed E-state index contributed by atoms with van der Waals surface area (Å²) >= 11 is 1.49. The minimum atomic E-state index is -4.43. The van der Waals surface area contributed by atoms with Crippen LogP contribution in [0.5, 0.6) is 0 Å². The molecule has 0 radical (unpaired) electrons. The lowest BCUT2D eigenvalue weighted by atomic mass is 9.77. The van der Waals surface area contributed by atoms with Crippen molar-refractivity contribution in [2.45, 2.75) is 60.8 Å². The van der Waals surface area contributed by atoms with E-state index in [0.717, 1.165) is 68.7 Å². The molecule has 14 heteroatoms. The average Bonchev–Trinajstić information content (AvgIpc) is 3.61. The van der Waals surface area contributed by atoms with Gasteiger partial charge in [-0.05, 0) is 87.0 Å². The number of nitrogens with one attached hydrogen (secondary N) is 2. The molecular weight excluding hydrogens is 701 g/mol. The number of sulfonamides is 1. The molecular formula is C38H48N6O6S2. The third-order valence-electron chi connectivity index (χ3n) is 10.9. The second-order valence-corrected chi connectivity index (χ2v) is 17.1. The van der Waals surface area contributed by atoms with Crippen molar-refractivity contribution in [2.75, 3.05) is 68.8 Å². The van der Waals surface area contributed by atoms with Crippen LogP contribution in [-0.4, -0.2) is 100.0 Å². The first-order chi connectivity index (χ1) is 25.0. The van der Waals surface area contributed by atoms with Crippen molar-refractivity contribution < 1.29 is 22.9 Å². The highest BCUT2D eigenvalue weighted by Crippen LogP contribution is 2.46. The molecule has 1 aliphatic carbocycles. The Bertz CT molecular complexity index is 1830. The fourth-order valence-electron chi connectivity index (χ4n) is 7.61. The van der Waals surface area contributed by atoms with E-state index < -0.39 is 26.5 Å². The number of hydrogen-bond acceptors (Lipinski definition) is 11. The van der Waals surface area contributed by atoms with Crippen LogP contribution in [0.1, 0.15) is 65.7 Å². The van der Waals surface area contributed by atoms with E-state index >= 15 is 0 Å². The molecule has 1 spiro atoms. The Morgan fingerprint density at radius 1 is 0.962 bits per heavy atom. The number of carbonyl (C=O) groups is 2. The quantitative estimate of drug-likeness (QED) is 0.0881. The average molecular weight is 749 g/mol. The fraction of sp³-hybridized carbons (Fsp3) is 0.474. The Morgan fingerprint density at radius 2 is 1.65 bits per heavy atom. The van der Waals surface area contributed by atoms with Gasteiger partial charge in [-0.3, -0.25) is 19.7 Å². The zero-order valence-electron chi connectivity index (χ0n) is 29.7. The SMILES string of the molecule is CN1CCN(CC[C@H](CSc2ccccc2C=O)Nc2ccc(S(=O)(=O)NC(=O)c3ccc(N4CCC5(CCCC5)CC4)cc3)cc2[N+](=O)[O-])CC1. The first-order valence-electron chi connectivity index (χ1n) is 18.1. The highest BCUT2D eigenvalue weighted by molar-refractivity contribution is 7.99. The number of amides is 1. The molecule has 1 amide bonds. The van der Waals surface area contributed by atoms with E-state index in [1.165, 1.54) is 62.4 Å². The van der Waals surface area contributed by atoms with Gasteiger partial charge in [0.25, 0.3) is 21.6 Å². The van der Waals surface area contributed by atoms with Gasteiger partial charge in [0.05, 0.1) is 9.82 Å². The second-order valence-electron chi connectivity index (χ2n) is 14.4. The first-order valence-corrected chi connectivity index (χ1v) is 20.6. The third-order valence-corrected chi connectivity index (χ3v) is 13.5. The maximum Gasteiger partial charge on any atom is 0.293 e. The van der Waals surface area contributed by atoms with Crippen LogP contribution < -0.4 is 14.9 Å². The molecule has 0 bridgehead atoms. The Balaban J connectivity index is 1.12. The number of nitro groups is 1. The molecule has 12 nitrogen and oxygen atoms in total. The van der Waals surface area contributed by atoms with Crippen molar-refractivity contribution in [1.29, 1.82) is 0 Å². The highest BCUT2D eigenvalue weighted by atomic mass is 32.2. The number of nitrogens with zero attached hydrogens (tertiary/aromatic N) is 4. The number of carbonyl (C=O) groups excluding carboxylic acids is 2. The van der Waals surface area contributed by atoms with Gasteiger partial charge in [0.2, 0.25) is 0 Å². The Morgan fingerprint density at radius 3 is 2.33 bits per heavy atom. The summed E-state index contributed by atoms with van der Waals surface area (Å²) in [6, 6.07) is 17.6. The number of anilines is 2. The van der Waals surface area contributed by atoms with Gasteiger partial charge in [0, 0.05) is 85.4 Å². The van der Waals surface area contributed by atoms with Crippen LogP contribution >= 0.6 is 11.8 Å². The molecule has 6 rings (SSSR count). The summed E-state index contributed by atoms with van der Waals surface area (Å²) in [5, 5.41) is 15.6. The van der Waals surface area contributed by atoms with E-state index in [9.17, 15) is 28.1 Å². The third kappa shape index (κ3) is 9.32. The monoisotopic (exact) mass is 748 g/mol. The first kappa shape index (κ1) is 37.8. The van der Waals surface area contributed by atoms with E-state index in [0.29, 0.717) is 23.2 Å². The maximum atomic E-state index is 13.4. The molecule has 278 valence electrons. The number of hydrogen-bond donors (Lipinski definition) is 2. The predicted molar refractivity (Wildman–Crippen MR) is 205 cm³/mol. The summed E-state index contributed by atoms with van der Waals surface area (Å²) in [7, 11) is -2.33. The number of likely N-dealkylation sites (N-methyl/N-ethyl adjacent to an activating group) is 1. The number of thioether (sulfide) groups is 1. The largest absolute Gasteiger partial charge is 0.376 e. The summed E-state index contributed by atoms with van der Waals surface area (Å²) in [6.07, 6.45) is 9.08. The molecule has 2 N–H and O–H groups in total. The van der Waals surface area contributed by atoms with Gasteiger partial charge in [-0.25, -0.2) is 13.1 Å². The van der Waals surface area contributed by atoms with Crippen molar-refractivity contribution >= 4 is 51.0 Å². The minimum absolute atomic E-state index is 0.176. The standard InChI is InChI=1S/C38H48N6O6S2/c1-41-22-24-42(25-23-41)19-14-31(28-51-36-7-3-2-6-30(36)27-45)39-34-13-12-33(26-35(34)44(47)48)52(49,50)40-37(46)29-8-10-32(11-9-29)43-20-17-38(18-21-43)15-4-5-16-38/h2-3,6-13,26-27,31,39H,4-5,14-25,28H2,1H3,(H,40,46)/t31-/m1/s1. The van der Waals surface area contributed by atoms with Crippen LogP contribution in [0, 0.1) is 15.5 Å². The smallest absolute Gasteiger partial charge is 0.293 e. The molecule has 3 fully saturated rings. The Kier molecular flexibility index (Phi) is 12.2. The molecule has 1 saturated carbocycles. The summed E-state index contributed by atoms with van der Waals surface area (Å²) in [6.45, 7) is 6.47. The van der Waals surface area contributed by atoms with Gasteiger partial charge in [-0.1, -0.05) is 31.0 Å². The Labute approximate surface area is 310 Å². The van der Waals surface area contributed by atoms with Gasteiger partial charge < -0.3 is 20.0 Å². The van der Waals surface area contributed by atoms with Gasteiger partial charge in [0.15, 0.2) is 6.29 Å². The molecule has 2 saturated heterocycles. The van der Waals surface area contributed by atoms with Crippen molar-refractivity contribution in [3.8, 4) is 0 Å². The van der Waals surface area contributed by atoms with Gasteiger partial charge in [-0.15, -0.1) is 11.8 Å². The molecule has 1 atom stereocenters. The topological polar surface area (TPSA) is 145 Å². The predicted octanol–water partition coefficient (Wildman–Crippen LogP) is 5.90. The van der Waals surface area contributed by atoms with Crippen molar-refractivity contribution in [3.63, 3.8) is 0 Å². The van der Waals surface area contributed by atoms with E-state index in [4.69, 9.17) is 0 Å². The van der Waals surface area contributed by atoms with Crippen molar-refractivity contribution in [1.82, 2.24) is 14.5 Å². The maximum absolute atomic E-state index is 13.4. The second kappa shape index (κ2) is 16.8. The normalized spacial score (nSPS) is 18.6. The zero-order chi connectivity index (χ0) is 36.7. The fourth-order valence-corrected chi connectivity index (χ4v) is 9.69. The molecule has 2 heterocycles. The van der Waals surface area contributed by atoms with Crippen LogP contribution in [0.25, 0.3) is 0 Å². The lowest BCUT2D eigenvalue weighted by Crippen LogP contribution is -2.45. The van der Waals surface area contributed by atoms with Gasteiger partial charge in [0.1, 0.15) is 5.69 Å². The van der Waals surface area contributed by atoms with E-state index in [1.54, 1.807) is 24.3 Å². The van der Waals surface area contributed by atoms with Crippen LogP contribution in [0.3, 0.4) is 0 Å². The number of piperidine rings is 1. The lowest BCUT2D eigenvalue weighted by Gasteiger charge is -2.40. The van der Waals surface area contributed by atoms with E-state index in [-0.39, 0.29) is 22.2 Å². The van der Waals surface area contributed by atoms with Gasteiger partial charge >= 0.3 is 0 Å². The number of nitro benzene ring substituents is 1. The van der Waals surface area contributed by atoms with Crippen LogP contribution in [0.2, 0.25) is 0 Å². The lowest BCUT2D eigenvalue weighted by molar-refractivity contribution is -0.384. The molecule has 0 unspecified atom stereocenters. The number of aldehydes is 1. The van der Waals surface area contributed by atoms with Crippen LogP contribution in [0.4, 0.5) is 17.1 Å². The highest BCUT2D eigenvalue weighted by Gasteiger charge is 2.37. The minimum Gasteiger partial charge on any atom is -0.376 e. The van der Waals surface area contributed by atoms with Crippen LogP contribution in [-0.2, 0) is 10.0 Å². The van der Waals surface area contributed by atoms with Crippen molar-refractivity contribution in [2.24, 2.45) is 5.41 Å². The number of benzene rings is 3. The zero-order valence-corrected chi connectivity index (χ0v) is 31.3. The molecule has 3 aromatic carbocycles. The van der Waals surface area contributed by atoms with E-state index in [2.05, 4.69) is 31.8 Å². The molecule has 0 aromatic heterocycles. The van der Waals surface area contributed by atoms with Crippen molar-refractivity contribution in [3.05, 3.63) is 88.0 Å². The molecule has 2 aliphatic heterocycles. The summed E-state index contributed by atoms with van der Waals surface area (Å²) in [5.41, 5.74) is 2.01. The Hall–Kier alpha value is -3.98. The van der Waals surface area contributed by atoms with Crippen LogP contribution in [0.15, 0.2) is 76.5 Å². The van der Waals surface area contributed by atoms with E-state index in [1.807, 2.05) is 24.3 Å². The number of rotatable bonds is 14. The molecule has 3 aromatic rings. The number of piperazine rings is 1. The molecule has 52 heavy (non-hydrogen) atoms. The summed E-state index contributed by atoms with van der Waals surface area (Å²) < 4.78 is 28.8. The van der Waals surface area contributed by atoms with Gasteiger partial charge in [-0.2, -0.15) is 0 Å².